The van der Waals surface area contributed by atoms with E-state index in [0.29, 0.717) is 18.9 Å². The minimum absolute atomic E-state index is 0.415. The van der Waals surface area contributed by atoms with Crippen LogP contribution in [-0.2, 0) is 6.42 Å². The first kappa shape index (κ1) is 32.7. The molecule has 0 aliphatic heterocycles. The van der Waals surface area contributed by atoms with E-state index in [-0.39, 0.29) is 0 Å². The summed E-state index contributed by atoms with van der Waals surface area (Å²) in [4.78, 5) is 14.6. The Balaban J connectivity index is 1.78. The number of rotatable bonds is 17. The van der Waals surface area contributed by atoms with E-state index >= 15 is 0 Å². The predicted molar refractivity (Wildman–Crippen MR) is 173 cm³/mol. The van der Waals surface area contributed by atoms with Crippen LogP contribution in [0.5, 0.6) is 17.2 Å². The predicted octanol–water partition coefficient (Wildman–Crippen LogP) is 8.15. The van der Waals surface area contributed by atoms with Gasteiger partial charge in [0.1, 0.15) is 23.9 Å². The topological polar surface area (TPSA) is 60.0 Å². The SMILES string of the molecule is CCCCCCNC(=O)Oc1ccc(/C(=C(/C)Cc2ccc(OC)cc2)c2ccc(OCCN(CC)CC)cc2)cc1. The van der Waals surface area contributed by atoms with Crippen molar-refractivity contribution in [1.82, 2.24) is 10.2 Å². The molecule has 1 N–H and O–H groups in total. The van der Waals surface area contributed by atoms with Crippen LogP contribution in [0.25, 0.3) is 5.57 Å². The van der Waals surface area contributed by atoms with Gasteiger partial charge in [0.05, 0.1) is 7.11 Å². The Morgan fingerprint density at radius 1 is 0.762 bits per heavy atom. The molecule has 6 heteroatoms. The van der Waals surface area contributed by atoms with Crippen molar-refractivity contribution in [2.75, 3.05) is 39.9 Å². The smallest absolute Gasteiger partial charge is 0.412 e. The average molecular weight is 573 g/mol. The maximum absolute atomic E-state index is 12.3. The van der Waals surface area contributed by atoms with Crippen molar-refractivity contribution in [3.63, 3.8) is 0 Å². The van der Waals surface area contributed by atoms with Gasteiger partial charge in [-0.25, -0.2) is 4.79 Å². The fourth-order valence-corrected chi connectivity index (χ4v) is 4.92. The number of nitrogens with zero attached hydrogens (tertiary/aromatic N) is 1. The van der Waals surface area contributed by atoms with Crippen molar-refractivity contribution in [2.45, 2.75) is 59.8 Å². The van der Waals surface area contributed by atoms with E-state index in [2.05, 4.69) is 62.2 Å². The van der Waals surface area contributed by atoms with Gasteiger partial charge in [0.25, 0.3) is 0 Å². The molecule has 0 unspecified atom stereocenters. The zero-order valence-electron chi connectivity index (χ0n) is 26.1. The molecule has 0 fully saturated rings. The number of amides is 1. The highest BCUT2D eigenvalue weighted by Gasteiger charge is 2.12. The highest BCUT2D eigenvalue weighted by atomic mass is 16.6. The molecule has 0 atom stereocenters. The molecule has 42 heavy (non-hydrogen) atoms. The van der Waals surface area contributed by atoms with E-state index < -0.39 is 6.09 Å². The van der Waals surface area contributed by atoms with Crippen LogP contribution in [0.4, 0.5) is 4.79 Å². The number of unbranched alkanes of at least 4 members (excludes halogenated alkanes) is 3. The van der Waals surface area contributed by atoms with Gasteiger partial charge in [0.2, 0.25) is 0 Å². The van der Waals surface area contributed by atoms with Crippen LogP contribution >= 0.6 is 0 Å². The summed E-state index contributed by atoms with van der Waals surface area (Å²) < 4.78 is 16.9. The maximum atomic E-state index is 12.3. The van der Waals surface area contributed by atoms with Crippen molar-refractivity contribution in [1.29, 1.82) is 0 Å². The molecule has 0 radical (unpaired) electrons. The summed E-state index contributed by atoms with van der Waals surface area (Å²) in [7, 11) is 1.68. The molecule has 226 valence electrons. The van der Waals surface area contributed by atoms with Crippen molar-refractivity contribution in [2.24, 2.45) is 0 Å². The van der Waals surface area contributed by atoms with E-state index in [0.717, 1.165) is 67.1 Å². The second-order valence-electron chi connectivity index (χ2n) is 10.5. The van der Waals surface area contributed by atoms with Crippen LogP contribution in [0, 0.1) is 0 Å². The maximum Gasteiger partial charge on any atom is 0.412 e. The zero-order valence-corrected chi connectivity index (χ0v) is 26.1. The number of likely N-dealkylation sites (N-methyl/N-ethyl adjacent to an activating group) is 1. The van der Waals surface area contributed by atoms with Crippen LogP contribution in [0.2, 0.25) is 0 Å². The number of nitrogens with one attached hydrogen (secondary N) is 1. The molecule has 0 aliphatic rings. The van der Waals surface area contributed by atoms with E-state index in [1.165, 1.54) is 24.0 Å². The zero-order chi connectivity index (χ0) is 30.2. The Hall–Kier alpha value is -3.77. The van der Waals surface area contributed by atoms with Crippen molar-refractivity contribution < 1.29 is 19.0 Å². The number of carbonyl (C=O) groups is 1. The van der Waals surface area contributed by atoms with Gasteiger partial charge in [0, 0.05) is 13.1 Å². The molecule has 0 bridgehead atoms. The lowest BCUT2D eigenvalue weighted by Crippen LogP contribution is -2.27. The van der Waals surface area contributed by atoms with Gasteiger partial charge in [-0.3, -0.25) is 0 Å². The van der Waals surface area contributed by atoms with Crippen LogP contribution in [0.3, 0.4) is 0 Å². The van der Waals surface area contributed by atoms with Crippen LogP contribution in [-0.4, -0.2) is 50.9 Å². The van der Waals surface area contributed by atoms with Gasteiger partial charge in [-0.15, -0.1) is 0 Å². The largest absolute Gasteiger partial charge is 0.497 e. The summed E-state index contributed by atoms with van der Waals surface area (Å²) >= 11 is 0. The Bertz CT molecular complexity index is 1230. The summed E-state index contributed by atoms with van der Waals surface area (Å²) in [5.74, 6) is 2.23. The third kappa shape index (κ3) is 10.6. The van der Waals surface area contributed by atoms with Crippen LogP contribution in [0.1, 0.15) is 70.1 Å². The van der Waals surface area contributed by atoms with E-state index in [1.807, 2.05) is 48.5 Å². The first-order chi connectivity index (χ1) is 20.5. The third-order valence-corrected chi connectivity index (χ3v) is 7.42. The molecule has 0 heterocycles. The molecule has 6 nitrogen and oxygen atoms in total. The number of carbonyl (C=O) groups excluding carboxylic acids is 1. The summed E-state index contributed by atoms with van der Waals surface area (Å²) in [6.07, 6.45) is 4.80. The molecular formula is C36H48N2O4. The second kappa shape index (κ2) is 17.9. The van der Waals surface area contributed by atoms with Crippen molar-refractivity contribution >= 4 is 11.7 Å². The van der Waals surface area contributed by atoms with Crippen LogP contribution < -0.4 is 19.5 Å². The number of methoxy groups -OCH3 is 1. The monoisotopic (exact) mass is 572 g/mol. The Labute approximate surface area is 252 Å². The Kier molecular flexibility index (Phi) is 14.0. The number of benzene rings is 3. The molecule has 0 saturated carbocycles. The molecule has 3 rings (SSSR count). The average Bonchev–Trinajstić information content (AvgIpc) is 3.01. The normalized spacial score (nSPS) is 11.7. The Morgan fingerprint density at radius 2 is 1.36 bits per heavy atom. The fourth-order valence-electron chi connectivity index (χ4n) is 4.92. The van der Waals surface area contributed by atoms with Crippen molar-refractivity contribution in [3.8, 4) is 17.2 Å². The molecule has 0 saturated heterocycles. The lowest BCUT2D eigenvalue weighted by atomic mass is 9.90. The fraction of sp³-hybridized carbons (Fsp3) is 0.417. The van der Waals surface area contributed by atoms with Crippen molar-refractivity contribution in [3.05, 3.63) is 95.1 Å². The number of allylic oxidation sites excluding steroid dienone is 1. The summed E-state index contributed by atoms with van der Waals surface area (Å²) in [6, 6.07) is 24.3. The lowest BCUT2D eigenvalue weighted by Gasteiger charge is -2.18. The van der Waals surface area contributed by atoms with Crippen LogP contribution in [0.15, 0.2) is 78.4 Å². The minimum atomic E-state index is -0.415. The first-order valence-electron chi connectivity index (χ1n) is 15.3. The van der Waals surface area contributed by atoms with Gasteiger partial charge in [-0.05, 0) is 91.5 Å². The van der Waals surface area contributed by atoms with Gasteiger partial charge in [0.15, 0.2) is 0 Å². The number of hydrogen-bond acceptors (Lipinski definition) is 5. The molecule has 0 aliphatic carbocycles. The summed E-state index contributed by atoms with van der Waals surface area (Å²) in [5, 5.41) is 2.85. The standard InChI is InChI=1S/C36H48N2O4/c1-6-9-10-11-24-37-36(39)42-34-22-16-31(17-23-34)35(28(4)27-29-12-18-32(40-5)19-13-29)30-14-20-33(21-15-30)41-26-25-38(7-2)8-3/h12-23H,6-11,24-27H2,1-5H3,(H,37,39)/b35-28-. The van der Waals surface area contributed by atoms with E-state index in [1.54, 1.807) is 7.11 Å². The van der Waals surface area contributed by atoms with E-state index in [4.69, 9.17) is 14.2 Å². The van der Waals surface area contributed by atoms with Gasteiger partial charge >= 0.3 is 6.09 Å². The number of ether oxygens (including phenoxy) is 3. The molecule has 1 amide bonds. The second-order valence-corrected chi connectivity index (χ2v) is 10.5. The molecule has 0 spiro atoms. The van der Waals surface area contributed by atoms with Gasteiger partial charge < -0.3 is 24.4 Å². The summed E-state index contributed by atoms with van der Waals surface area (Å²) in [6.45, 7) is 12.9. The Morgan fingerprint density at radius 3 is 1.93 bits per heavy atom. The minimum Gasteiger partial charge on any atom is -0.497 e. The highest BCUT2D eigenvalue weighted by molar-refractivity contribution is 5.82. The number of hydrogen-bond donors (Lipinski definition) is 1. The molecule has 3 aromatic rings. The van der Waals surface area contributed by atoms with Gasteiger partial charge in [-0.1, -0.05) is 82.0 Å². The van der Waals surface area contributed by atoms with E-state index in [9.17, 15) is 4.79 Å². The quantitative estimate of drug-likeness (QED) is 0.165. The third-order valence-electron chi connectivity index (χ3n) is 7.42. The van der Waals surface area contributed by atoms with Gasteiger partial charge in [-0.2, -0.15) is 0 Å². The highest BCUT2D eigenvalue weighted by Crippen LogP contribution is 2.31. The molecule has 0 aromatic heterocycles. The lowest BCUT2D eigenvalue weighted by molar-refractivity contribution is 0.200. The molecular weight excluding hydrogens is 524 g/mol. The molecule has 3 aromatic carbocycles. The first-order valence-corrected chi connectivity index (χ1v) is 15.3. The summed E-state index contributed by atoms with van der Waals surface area (Å²) in [5.41, 5.74) is 5.75.